The predicted molar refractivity (Wildman–Crippen MR) is 62.0 cm³/mol. The van der Waals surface area contributed by atoms with E-state index in [9.17, 15) is 9.59 Å². The van der Waals surface area contributed by atoms with E-state index in [2.05, 4.69) is 5.32 Å². The lowest BCUT2D eigenvalue weighted by molar-refractivity contribution is -0.152. The number of hydrogen-bond donors (Lipinski definition) is 1. The van der Waals surface area contributed by atoms with E-state index in [0.717, 1.165) is 6.42 Å². The van der Waals surface area contributed by atoms with Crippen molar-refractivity contribution < 1.29 is 19.1 Å². The highest BCUT2D eigenvalue weighted by Gasteiger charge is 2.38. The Bertz CT molecular complexity index is 503. The third kappa shape index (κ3) is 1.72. The molecule has 3 rings (SSSR count). The number of allylic oxidation sites excluding steroid dienone is 1. The molecule has 5 heteroatoms. The first-order valence-electron chi connectivity index (χ1n) is 5.87. The molecule has 0 aromatic carbocycles. The normalized spacial score (nSPS) is 35.5. The molecule has 5 nitrogen and oxygen atoms in total. The van der Waals surface area contributed by atoms with Crippen LogP contribution >= 0.6 is 0 Å². The Kier molecular flexibility index (Phi) is 2.47. The van der Waals surface area contributed by atoms with Gasteiger partial charge in [0.15, 0.2) is 0 Å². The number of amides is 1. The van der Waals surface area contributed by atoms with Crippen molar-refractivity contribution in [2.24, 2.45) is 5.92 Å². The van der Waals surface area contributed by atoms with E-state index in [0.29, 0.717) is 11.1 Å². The van der Waals surface area contributed by atoms with Gasteiger partial charge >= 0.3 is 5.97 Å². The summed E-state index contributed by atoms with van der Waals surface area (Å²) in [7, 11) is 0. The first-order chi connectivity index (χ1) is 8.65. The van der Waals surface area contributed by atoms with E-state index < -0.39 is 6.29 Å². The molecular formula is C13H13NO4. The summed E-state index contributed by atoms with van der Waals surface area (Å²) in [5, 5.41) is 2.86. The van der Waals surface area contributed by atoms with Crippen molar-refractivity contribution in [3.8, 4) is 0 Å². The summed E-state index contributed by atoms with van der Waals surface area (Å²) in [6.45, 7) is 1.66. The maximum atomic E-state index is 11.7. The topological polar surface area (TPSA) is 64.6 Å². The van der Waals surface area contributed by atoms with Crippen molar-refractivity contribution in [2.75, 3.05) is 0 Å². The minimum absolute atomic E-state index is 0.0794. The molecule has 3 aliphatic rings. The average Bonchev–Trinajstić information content (AvgIpc) is 2.94. The van der Waals surface area contributed by atoms with Crippen molar-refractivity contribution in [1.29, 1.82) is 0 Å². The van der Waals surface area contributed by atoms with Gasteiger partial charge in [0.25, 0.3) is 12.2 Å². The van der Waals surface area contributed by atoms with E-state index in [1.807, 2.05) is 12.2 Å². The van der Waals surface area contributed by atoms with Gasteiger partial charge in [0.05, 0.1) is 17.9 Å². The van der Waals surface area contributed by atoms with Crippen LogP contribution in [0.4, 0.5) is 0 Å². The van der Waals surface area contributed by atoms with Crippen LogP contribution < -0.4 is 5.32 Å². The van der Waals surface area contributed by atoms with Crippen LogP contribution in [0.5, 0.6) is 0 Å². The molecule has 0 aromatic heterocycles. The summed E-state index contributed by atoms with van der Waals surface area (Å²) in [6.07, 6.45) is 7.16. The molecule has 18 heavy (non-hydrogen) atoms. The van der Waals surface area contributed by atoms with Gasteiger partial charge in [0.1, 0.15) is 0 Å². The van der Waals surface area contributed by atoms with Crippen molar-refractivity contribution in [3.63, 3.8) is 0 Å². The minimum atomic E-state index is -0.716. The molecule has 1 amide bonds. The lowest BCUT2D eigenvalue weighted by Crippen LogP contribution is -2.24. The Morgan fingerprint density at radius 1 is 1.50 bits per heavy atom. The molecule has 0 saturated carbocycles. The number of carbonyl (C=O) groups excluding carboxylic acids is 2. The molecule has 0 radical (unpaired) electrons. The number of hydrogen-bond acceptors (Lipinski definition) is 4. The van der Waals surface area contributed by atoms with Crippen LogP contribution in [-0.4, -0.2) is 24.2 Å². The summed E-state index contributed by atoms with van der Waals surface area (Å²) in [5.74, 6) is -0.353. The maximum absolute atomic E-state index is 11.7. The van der Waals surface area contributed by atoms with Crippen LogP contribution in [0.1, 0.15) is 13.3 Å². The third-order valence-electron chi connectivity index (χ3n) is 3.39. The fraction of sp³-hybridized carbons (Fsp3) is 0.385. The number of nitrogens with one attached hydrogen (secondary N) is 1. The van der Waals surface area contributed by atoms with Crippen LogP contribution in [0.25, 0.3) is 0 Å². The van der Waals surface area contributed by atoms with Crippen molar-refractivity contribution >= 4 is 11.9 Å². The summed E-state index contributed by atoms with van der Waals surface area (Å²) in [6, 6.07) is 0.0794. The van der Waals surface area contributed by atoms with E-state index >= 15 is 0 Å². The van der Waals surface area contributed by atoms with E-state index in [4.69, 9.17) is 9.47 Å². The Morgan fingerprint density at radius 2 is 2.33 bits per heavy atom. The van der Waals surface area contributed by atoms with Gasteiger partial charge in [-0.25, -0.2) is 4.79 Å². The molecule has 1 N–H and O–H groups in total. The molecule has 1 saturated heterocycles. The molecule has 0 bridgehead atoms. The van der Waals surface area contributed by atoms with Gasteiger partial charge in [-0.2, -0.15) is 0 Å². The van der Waals surface area contributed by atoms with Crippen LogP contribution in [-0.2, 0) is 19.1 Å². The van der Waals surface area contributed by atoms with Gasteiger partial charge in [-0.15, -0.1) is 0 Å². The second-order valence-corrected chi connectivity index (χ2v) is 4.60. The lowest BCUT2D eigenvalue weighted by atomic mass is 9.99. The van der Waals surface area contributed by atoms with E-state index in [-0.39, 0.29) is 23.8 Å². The van der Waals surface area contributed by atoms with E-state index in [1.165, 1.54) is 6.26 Å². The molecule has 0 spiro atoms. The Hall–Kier alpha value is -2.04. The highest BCUT2D eigenvalue weighted by molar-refractivity contribution is 5.97. The molecular weight excluding hydrogens is 234 g/mol. The van der Waals surface area contributed by atoms with Crippen molar-refractivity contribution in [1.82, 2.24) is 5.32 Å². The summed E-state index contributed by atoms with van der Waals surface area (Å²) >= 11 is 0. The zero-order valence-electron chi connectivity index (χ0n) is 9.88. The van der Waals surface area contributed by atoms with Gasteiger partial charge in [-0.3, -0.25) is 4.79 Å². The lowest BCUT2D eigenvalue weighted by Gasteiger charge is -2.10. The Balaban J connectivity index is 1.70. The van der Waals surface area contributed by atoms with Crippen LogP contribution in [0, 0.1) is 5.92 Å². The molecule has 3 atom stereocenters. The number of cyclic esters (lactones) is 1. The highest BCUT2D eigenvalue weighted by Crippen LogP contribution is 2.32. The van der Waals surface area contributed by atoms with Gasteiger partial charge in [0, 0.05) is 17.6 Å². The maximum Gasteiger partial charge on any atom is 0.336 e. The summed E-state index contributed by atoms with van der Waals surface area (Å²) in [4.78, 5) is 22.9. The zero-order valence-corrected chi connectivity index (χ0v) is 9.88. The van der Waals surface area contributed by atoms with Crippen molar-refractivity contribution in [3.05, 3.63) is 35.6 Å². The summed E-state index contributed by atoms with van der Waals surface area (Å²) < 4.78 is 10.3. The second-order valence-electron chi connectivity index (χ2n) is 4.60. The molecule has 2 heterocycles. The average molecular weight is 247 g/mol. The molecule has 0 aromatic rings. The molecule has 94 valence electrons. The number of ether oxygens (including phenoxy) is 2. The minimum Gasteiger partial charge on any atom is -0.458 e. The predicted octanol–water partition coefficient (Wildman–Crippen LogP) is 0.791. The fourth-order valence-corrected chi connectivity index (χ4v) is 2.38. The van der Waals surface area contributed by atoms with Gasteiger partial charge in [-0.1, -0.05) is 12.2 Å². The molecule has 2 aliphatic heterocycles. The Labute approximate surface area is 104 Å². The number of rotatable bonds is 2. The van der Waals surface area contributed by atoms with Gasteiger partial charge in [-0.05, 0) is 13.3 Å². The van der Waals surface area contributed by atoms with Crippen LogP contribution in [0.3, 0.4) is 0 Å². The Morgan fingerprint density at radius 3 is 3.06 bits per heavy atom. The van der Waals surface area contributed by atoms with Crippen molar-refractivity contribution in [2.45, 2.75) is 25.7 Å². The molecule has 1 fully saturated rings. The quantitative estimate of drug-likeness (QED) is 0.339. The number of esters is 1. The largest absolute Gasteiger partial charge is 0.458 e. The monoisotopic (exact) mass is 247 g/mol. The highest BCUT2D eigenvalue weighted by atomic mass is 16.7. The first kappa shape index (κ1) is 11.1. The molecule has 1 aliphatic carbocycles. The molecule has 0 unspecified atom stereocenters. The fourth-order valence-electron chi connectivity index (χ4n) is 2.38. The van der Waals surface area contributed by atoms with Gasteiger partial charge in [0.2, 0.25) is 0 Å². The van der Waals surface area contributed by atoms with Crippen LogP contribution in [0.15, 0.2) is 35.6 Å². The number of carbonyl (C=O) groups is 2. The number of fused-ring (bicyclic) bond motifs is 1. The third-order valence-corrected chi connectivity index (χ3v) is 3.39. The van der Waals surface area contributed by atoms with Gasteiger partial charge < -0.3 is 14.8 Å². The van der Waals surface area contributed by atoms with Crippen LogP contribution in [0.2, 0.25) is 0 Å². The zero-order chi connectivity index (χ0) is 12.7. The first-order valence-corrected chi connectivity index (χ1v) is 5.87. The second kappa shape index (κ2) is 4.01. The SMILES string of the molecule is CC1=C[C@@H](O/C=C2/C(=O)N[C@@H]3C=CC[C@H]23)OC1=O. The summed E-state index contributed by atoms with van der Waals surface area (Å²) in [5.41, 5.74) is 1.13. The standard InChI is InChI=1S/C13H13NO4/c1-7-5-11(18-13(7)16)17-6-9-8-3-2-4-10(8)14-12(9)15/h2,4-6,8,10-11H,3H2,1H3,(H,14,15)/b9-6+/t8-,10-,11+/m1/s1. The smallest absolute Gasteiger partial charge is 0.336 e. The van der Waals surface area contributed by atoms with E-state index in [1.54, 1.807) is 13.0 Å².